The molecule has 0 unspecified atom stereocenters. The second-order valence-electron chi connectivity index (χ2n) is 3.04. The predicted molar refractivity (Wildman–Crippen MR) is 55.0 cm³/mol. The van der Waals surface area contributed by atoms with Gasteiger partial charge in [-0.05, 0) is 22.2 Å². The molecular formula is C7H4ClF3N6S. The second-order valence-corrected chi connectivity index (χ2v) is 4.41. The number of nitrogens with zero attached hydrogens (tertiary/aromatic N) is 6. The first-order valence-corrected chi connectivity index (χ1v) is 5.57. The van der Waals surface area contributed by atoms with Crippen LogP contribution in [0.5, 0.6) is 0 Å². The van der Waals surface area contributed by atoms with Crippen molar-refractivity contribution in [3.8, 4) is 0 Å². The van der Waals surface area contributed by atoms with Gasteiger partial charge in [-0.3, -0.25) is 0 Å². The van der Waals surface area contributed by atoms with Crippen LogP contribution in [0.2, 0.25) is 5.15 Å². The quantitative estimate of drug-likeness (QED) is 0.787. The van der Waals surface area contributed by atoms with Crippen molar-refractivity contribution in [3.63, 3.8) is 0 Å². The van der Waals surface area contributed by atoms with Crippen molar-refractivity contribution in [2.24, 2.45) is 7.05 Å². The minimum absolute atomic E-state index is 0.0141. The van der Waals surface area contributed by atoms with E-state index in [9.17, 15) is 13.2 Å². The van der Waals surface area contributed by atoms with Crippen LogP contribution in [-0.2, 0) is 13.2 Å². The average molecular weight is 297 g/mol. The molecule has 0 fully saturated rings. The van der Waals surface area contributed by atoms with E-state index in [1.807, 2.05) is 0 Å². The van der Waals surface area contributed by atoms with E-state index in [0.29, 0.717) is 0 Å². The van der Waals surface area contributed by atoms with E-state index in [-0.39, 0.29) is 15.3 Å². The summed E-state index contributed by atoms with van der Waals surface area (Å²) >= 11 is 6.37. The van der Waals surface area contributed by atoms with Gasteiger partial charge < -0.3 is 0 Å². The fraction of sp³-hybridized carbons (Fsp3) is 0.286. The molecule has 0 radical (unpaired) electrons. The number of rotatable bonds is 2. The second kappa shape index (κ2) is 4.69. The molecule has 0 aliphatic heterocycles. The summed E-state index contributed by atoms with van der Waals surface area (Å²) in [5.74, 6) is -1.30. The Labute approximate surface area is 108 Å². The zero-order chi connectivity index (χ0) is 13.3. The Hall–Kier alpha value is -1.42. The maximum absolute atomic E-state index is 12.5. The summed E-state index contributed by atoms with van der Waals surface area (Å²) < 4.78 is 38.7. The molecule has 2 heterocycles. The summed E-state index contributed by atoms with van der Waals surface area (Å²) in [4.78, 5) is 6.47. The molecule has 0 spiro atoms. The Bertz CT molecular complexity index is 571. The molecule has 0 N–H and O–H groups in total. The first-order valence-electron chi connectivity index (χ1n) is 4.38. The van der Waals surface area contributed by atoms with Gasteiger partial charge in [0.2, 0.25) is 11.0 Å². The standard InChI is InChI=1S/C7H4ClF3N6S/c1-17-6(14-15-16-17)18-4-2-3(8)12-5(13-4)7(9,10)11/h2H,1H3. The van der Waals surface area contributed by atoms with E-state index in [1.165, 1.54) is 10.7 Å². The van der Waals surface area contributed by atoms with Gasteiger partial charge in [0, 0.05) is 13.1 Å². The lowest BCUT2D eigenvalue weighted by atomic mass is 10.5. The molecule has 2 aromatic heterocycles. The van der Waals surface area contributed by atoms with E-state index in [4.69, 9.17) is 11.6 Å². The van der Waals surface area contributed by atoms with Gasteiger partial charge in [0.15, 0.2) is 0 Å². The lowest BCUT2D eigenvalue weighted by Crippen LogP contribution is -2.11. The topological polar surface area (TPSA) is 69.4 Å². The van der Waals surface area contributed by atoms with Crippen molar-refractivity contribution in [1.82, 2.24) is 30.2 Å². The van der Waals surface area contributed by atoms with Crippen molar-refractivity contribution in [2.75, 3.05) is 0 Å². The van der Waals surface area contributed by atoms with E-state index in [1.54, 1.807) is 7.05 Å². The van der Waals surface area contributed by atoms with Crippen molar-refractivity contribution in [2.45, 2.75) is 16.4 Å². The summed E-state index contributed by atoms with van der Waals surface area (Å²) in [7, 11) is 1.55. The van der Waals surface area contributed by atoms with Gasteiger partial charge in [-0.2, -0.15) is 13.2 Å². The first kappa shape index (κ1) is 13.0. The Morgan fingerprint density at radius 2 is 2.06 bits per heavy atom. The molecule has 2 rings (SSSR count). The zero-order valence-corrected chi connectivity index (χ0v) is 10.3. The lowest BCUT2D eigenvalue weighted by molar-refractivity contribution is -0.145. The molecule has 18 heavy (non-hydrogen) atoms. The molecule has 2 aromatic rings. The van der Waals surface area contributed by atoms with E-state index in [0.717, 1.165) is 11.8 Å². The highest BCUT2D eigenvalue weighted by molar-refractivity contribution is 7.99. The van der Waals surface area contributed by atoms with Gasteiger partial charge >= 0.3 is 6.18 Å². The molecule has 0 aliphatic rings. The molecule has 0 atom stereocenters. The minimum atomic E-state index is -4.65. The number of hydrogen-bond donors (Lipinski definition) is 0. The molecule has 11 heteroatoms. The fourth-order valence-corrected chi connectivity index (χ4v) is 1.96. The molecule has 0 saturated carbocycles. The monoisotopic (exact) mass is 296 g/mol. The number of hydrogen-bond acceptors (Lipinski definition) is 6. The van der Waals surface area contributed by atoms with Gasteiger partial charge in [-0.25, -0.2) is 14.6 Å². The number of aromatic nitrogens is 6. The third-order valence-corrected chi connectivity index (χ3v) is 2.84. The molecule has 0 aliphatic carbocycles. The molecule has 0 aromatic carbocycles. The van der Waals surface area contributed by atoms with Crippen molar-refractivity contribution >= 4 is 23.4 Å². The molecule has 0 saturated heterocycles. The first-order chi connectivity index (χ1) is 8.36. The molecule has 96 valence electrons. The molecule has 6 nitrogen and oxygen atoms in total. The SMILES string of the molecule is Cn1nnnc1Sc1cc(Cl)nc(C(F)(F)F)n1. The third kappa shape index (κ3) is 2.88. The number of tetrazole rings is 1. The highest BCUT2D eigenvalue weighted by atomic mass is 35.5. The van der Waals surface area contributed by atoms with E-state index < -0.39 is 12.0 Å². The van der Waals surface area contributed by atoms with Crippen LogP contribution >= 0.6 is 23.4 Å². The Morgan fingerprint density at radius 1 is 1.33 bits per heavy atom. The van der Waals surface area contributed by atoms with Crippen LogP contribution in [0.15, 0.2) is 16.2 Å². The van der Waals surface area contributed by atoms with Crippen LogP contribution in [0.1, 0.15) is 5.82 Å². The molecule has 0 amide bonds. The molecular weight excluding hydrogens is 293 g/mol. The number of halogens is 4. The maximum atomic E-state index is 12.5. The summed E-state index contributed by atoms with van der Waals surface area (Å²) in [5.41, 5.74) is 0. The van der Waals surface area contributed by atoms with Gasteiger partial charge in [0.05, 0.1) is 0 Å². The number of aryl methyl sites for hydroxylation is 1. The van der Waals surface area contributed by atoms with Crippen molar-refractivity contribution in [1.29, 1.82) is 0 Å². The van der Waals surface area contributed by atoms with Crippen LogP contribution in [-0.4, -0.2) is 30.2 Å². The summed E-state index contributed by atoms with van der Waals surface area (Å²) in [6.07, 6.45) is -4.65. The van der Waals surface area contributed by atoms with Crippen molar-refractivity contribution in [3.05, 3.63) is 17.0 Å². The highest BCUT2D eigenvalue weighted by Crippen LogP contribution is 2.31. The fourth-order valence-electron chi connectivity index (χ4n) is 0.977. The van der Waals surface area contributed by atoms with Crippen LogP contribution < -0.4 is 0 Å². The Kier molecular flexibility index (Phi) is 3.39. The van der Waals surface area contributed by atoms with Crippen LogP contribution in [0.25, 0.3) is 0 Å². The lowest BCUT2D eigenvalue weighted by Gasteiger charge is -2.06. The van der Waals surface area contributed by atoms with Gasteiger partial charge in [-0.1, -0.05) is 11.6 Å². The van der Waals surface area contributed by atoms with E-state index in [2.05, 4.69) is 25.5 Å². The van der Waals surface area contributed by atoms with Gasteiger partial charge in [-0.15, -0.1) is 5.10 Å². The third-order valence-electron chi connectivity index (χ3n) is 1.70. The summed E-state index contributed by atoms with van der Waals surface area (Å²) in [6.45, 7) is 0. The highest BCUT2D eigenvalue weighted by Gasteiger charge is 2.35. The Balaban J connectivity index is 2.35. The maximum Gasteiger partial charge on any atom is 0.451 e. The van der Waals surface area contributed by atoms with Gasteiger partial charge in [0.25, 0.3) is 0 Å². The molecule has 0 bridgehead atoms. The normalized spacial score (nSPS) is 11.8. The minimum Gasteiger partial charge on any atom is -0.223 e. The smallest absolute Gasteiger partial charge is 0.223 e. The Morgan fingerprint density at radius 3 is 2.61 bits per heavy atom. The summed E-state index contributed by atoms with van der Waals surface area (Å²) in [6, 6.07) is 1.20. The number of alkyl halides is 3. The van der Waals surface area contributed by atoms with Crippen LogP contribution in [0.3, 0.4) is 0 Å². The van der Waals surface area contributed by atoms with Crippen molar-refractivity contribution < 1.29 is 13.2 Å². The van der Waals surface area contributed by atoms with Gasteiger partial charge in [0.1, 0.15) is 10.2 Å². The van der Waals surface area contributed by atoms with E-state index >= 15 is 0 Å². The largest absolute Gasteiger partial charge is 0.451 e. The predicted octanol–water partition coefficient (Wildman–Crippen LogP) is 1.82. The average Bonchev–Trinajstić information content (AvgIpc) is 2.62. The summed E-state index contributed by atoms with van der Waals surface area (Å²) in [5, 5.41) is 10.5. The van der Waals surface area contributed by atoms with Crippen LogP contribution in [0, 0.1) is 0 Å². The zero-order valence-electron chi connectivity index (χ0n) is 8.68. The van der Waals surface area contributed by atoms with Crippen LogP contribution in [0.4, 0.5) is 13.2 Å².